The van der Waals surface area contributed by atoms with Crippen molar-refractivity contribution < 1.29 is 28.7 Å². The summed E-state index contributed by atoms with van der Waals surface area (Å²) in [4.78, 5) is 48.0. The number of aliphatic carboxylic acids is 1. The zero-order chi connectivity index (χ0) is 26.3. The minimum atomic E-state index is -1.43. The number of thiazole rings is 1. The molecule has 38 heavy (non-hydrogen) atoms. The van der Waals surface area contributed by atoms with Crippen molar-refractivity contribution in [3.8, 4) is 0 Å². The lowest BCUT2D eigenvalue weighted by Crippen LogP contribution is -2.71. The minimum absolute atomic E-state index is 0. The van der Waals surface area contributed by atoms with E-state index in [2.05, 4.69) is 15.5 Å². The second-order valence-electron chi connectivity index (χ2n) is 8.08. The zero-order valence-electron chi connectivity index (χ0n) is 20.0. The molecule has 2 atom stereocenters. The molecule has 2 aliphatic rings. The van der Waals surface area contributed by atoms with Crippen LogP contribution in [0.15, 0.2) is 57.4 Å². The smallest absolute Gasteiger partial charge is 0.286 e. The number of carboxylic acids is 1. The van der Waals surface area contributed by atoms with E-state index < -0.39 is 29.2 Å². The van der Waals surface area contributed by atoms with Crippen LogP contribution >= 0.6 is 47.3 Å². The van der Waals surface area contributed by atoms with Crippen LogP contribution in [-0.4, -0.2) is 68.0 Å². The molecular formula is C22H22ClN7O5S3. The number of imidazole rings is 1. The number of halogens is 1. The number of thioether (sulfide) groups is 2. The number of pyridine rings is 1. The van der Waals surface area contributed by atoms with Gasteiger partial charge < -0.3 is 25.8 Å². The number of hydrogen-bond acceptors (Lipinski definition) is 11. The topological polar surface area (TPSA) is 159 Å². The number of nitrogen functional groups attached to an aromatic ring is 1. The van der Waals surface area contributed by atoms with Crippen LogP contribution in [0.2, 0.25) is 0 Å². The molecule has 12 nitrogen and oxygen atoms in total. The number of nitrogens with two attached hydrogens (primary N) is 1. The first-order valence-electron chi connectivity index (χ1n) is 10.9. The van der Waals surface area contributed by atoms with E-state index in [1.54, 1.807) is 5.38 Å². The average molecular weight is 596 g/mol. The van der Waals surface area contributed by atoms with E-state index in [1.165, 1.54) is 35.5 Å². The Hall–Kier alpha value is -3.27. The highest BCUT2D eigenvalue weighted by atomic mass is 35.5. The first-order chi connectivity index (χ1) is 17.8. The molecule has 1 fully saturated rings. The number of amides is 2. The number of carboxylic acid groups (broad SMARTS) is 1. The molecule has 2 aliphatic heterocycles. The normalized spacial score (nSPS) is 19.1. The van der Waals surface area contributed by atoms with Crippen molar-refractivity contribution in [2.45, 2.75) is 16.4 Å². The van der Waals surface area contributed by atoms with Gasteiger partial charge in [-0.3, -0.25) is 14.5 Å². The maximum atomic E-state index is 13.0. The van der Waals surface area contributed by atoms with Gasteiger partial charge in [0.25, 0.3) is 17.5 Å². The Morgan fingerprint density at radius 1 is 1.42 bits per heavy atom. The molecule has 3 N–H and O–H groups in total. The van der Waals surface area contributed by atoms with Gasteiger partial charge in [-0.1, -0.05) is 16.9 Å². The highest BCUT2D eigenvalue weighted by Crippen LogP contribution is 2.41. The number of β-lactam (4-membered cyclic amide) rings is 1. The van der Waals surface area contributed by atoms with Crippen molar-refractivity contribution in [1.82, 2.24) is 19.8 Å². The van der Waals surface area contributed by atoms with Gasteiger partial charge in [-0.05, 0) is 17.7 Å². The number of anilines is 1. The number of nitrogens with one attached hydrogen (secondary N) is 1. The van der Waals surface area contributed by atoms with Crippen LogP contribution in [0.1, 0.15) is 5.69 Å². The number of fused-ring (bicyclic) bond motifs is 2. The van der Waals surface area contributed by atoms with Crippen LogP contribution in [0, 0.1) is 0 Å². The molecule has 200 valence electrons. The molecule has 3 aromatic rings. The van der Waals surface area contributed by atoms with E-state index in [0.29, 0.717) is 17.1 Å². The third-order valence-electron chi connectivity index (χ3n) is 5.85. The lowest BCUT2D eigenvalue weighted by molar-refractivity contribution is -0.554. The third kappa shape index (κ3) is 4.93. The van der Waals surface area contributed by atoms with Gasteiger partial charge in [0.2, 0.25) is 0 Å². The summed E-state index contributed by atoms with van der Waals surface area (Å²) in [6.07, 6.45) is 3.87. The van der Waals surface area contributed by atoms with Crippen LogP contribution < -0.4 is 20.6 Å². The Balaban J connectivity index is 0.00000336. The van der Waals surface area contributed by atoms with Crippen LogP contribution in [0.25, 0.3) is 5.65 Å². The summed E-state index contributed by atoms with van der Waals surface area (Å²) in [5.41, 5.74) is 7.16. The Labute approximate surface area is 235 Å². The summed E-state index contributed by atoms with van der Waals surface area (Å²) in [6.45, 7) is 0. The molecule has 0 aromatic carbocycles. The number of oxime groups is 1. The summed E-state index contributed by atoms with van der Waals surface area (Å²) < 4.78 is 3.99. The van der Waals surface area contributed by atoms with Crippen molar-refractivity contribution >= 4 is 81.5 Å². The molecular weight excluding hydrogens is 574 g/mol. The van der Waals surface area contributed by atoms with Gasteiger partial charge in [0.15, 0.2) is 15.9 Å². The van der Waals surface area contributed by atoms with Crippen molar-refractivity contribution in [1.29, 1.82) is 0 Å². The molecule has 1 saturated heterocycles. The maximum Gasteiger partial charge on any atom is 0.286 e. The summed E-state index contributed by atoms with van der Waals surface area (Å²) in [7, 11) is 3.23. The number of carbonyl (C=O) groups excluding carboxylic acids is 3. The third-order valence-corrected chi connectivity index (χ3v) is 8.99. The molecule has 0 radical (unpaired) electrons. The zero-order valence-corrected chi connectivity index (χ0v) is 23.3. The van der Waals surface area contributed by atoms with Gasteiger partial charge in [0, 0.05) is 23.0 Å². The quantitative estimate of drug-likeness (QED) is 0.118. The largest absolute Gasteiger partial charge is 0.543 e. The molecule has 0 saturated carbocycles. The summed E-state index contributed by atoms with van der Waals surface area (Å²) in [6, 6.07) is 4.93. The molecule has 0 unspecified atom stereocenters. The fourth-order valence-corrected chi connectivity index (χ4v) is 7.19. The second kappa shape index (κ2) is 11.2. The van der Waals surface area contributed by atoms with Crippen molar-refractivity contribution in [3.63, 3.8) is 0 Å². The van der Waals surface area contributed by atoms with E-state index in [4.69, 9.17) is 10.6 Å². The van der Waals surface area contributed by atoms with Gasteiger partial charge >= 0.3 is 0 Å². The van der Waals surface area contributed by atoms with Crippen molar-refractivity contribution in [2.75, 3.05) is 24.3 Å². The lowest BCUT2D eigenvalue weighted by Gasteiger charge is -2.50. The van der Waals surface area contributed by atoms with Crippen LogP contribution in [0.5, 0.6) is 0 Å². The first-order valence-corrected chi connectivity index (χ1v) is 13.8. The van der Waals surface area contributed by atoms with Crippen LogP contribution in [0.3, 0.4) is 0 Å². The second-order valence-corrected chi connectivity index (χ2v) is 11.1. The molecule has 0 spiro atoms. The summed E-state index contributed by atoms with van der Waals surface area (Å²) in [5.74, 6) is -1.92. The SMILES string of the molecule is CO/N=C(\C(=O)N[C@@H]1C(=O)N2C(C(=O)[O-])=C(CSc3cccc4n(C)cc[n+]34)CS[C@@H]12)c1csc(N)n1.Cl. The predicted molar refractivity (Wildman–Crippen MR) is 144 cm³/mol. The van der Waals surface area contributed by atoms with Crippen molar-refractivity contribution in [2.24, 2.45) is 12.2 Å². The van der Waals surface area contributed by atoms with Gasteiger partial charge in [-0.15, -0.1) is 35.5 Å². The summed E-state index contributed by atoms with van der Waals surface area (Å²) >= 11 is 3.98. The number of carbonyl (C=O) groups is 3. The molecule has 5 rings (SSSR count). The first kappa shape index (κ1) is 27.8. The Bertz CT molecular complexity index is 1490. The van der Waals surface area contributed by atoms with E-state index in [-0.39, 0.29) is 34.6 Å². The molecule has 5 heterocycles. The fourth-order valence-electron chi connectivity index (χ4n) is 4.13. The Morgan fingerprint density at radius 2 is 2.21 bits per heavy atom. The molecule has 2 amide bonds. The summed E-state index contributed by atoms with van der Waals surface area (Å²) in [5, 5.41) is 20.6. The highest BCUT2D eigenvalue weighted by Gasteiger charge is 2.53. The minimum Gasteiger partial charge on any atom is -0.543 e. The predicted octanol–water partition coefficient (Wildman–Crippen LogP) is -0.229. The van der Waals surface area contributed by atoms with E-state index in [0.717, 1.165) is 22.0 Å². The number of nitrogens with zero attached hydrogens (tertiary/aromatic N) is 5. The van der Waals surface area contributed by atoms with Crippen molar-refractivity contribution in [3.05, 3.63) is 52.9 Å². The van der Waals surface area contributed by atoms with Gasteiger partial charge in [0.05, 0.1) is 18.7 Å². The number of hydrogen-bond donors (Lipinski definition) is 2. The van der Waals surface area contributed by atoms with E-state index >= 15 is 0 Å². The Morgan fingerprint density at radius 3 is 2.89 bits per heavy atom. The fraction of sp³-hybridized carbons (Fsp3) is 0.273. The van der Waals surface area contributed by atoms with Crippen LogP contribution in [-0.2, 0) is 26.3 Å². The number of rotatable bonds is 8. The number of aromatic nitrogens is 3. The van der Waals surface area contributed by atoms with Gasteiger partial charge in [0.1, 0.15) is 36.6 Å². The van der Waals surface area contributed by atoms with Gasteiger partial charge in [-0.25, -0.2) is 9.55 Å². The molecule has 3 aromatic heterocycles. The highest BCUT2D eigenvalue weighted by molar-refractivity contribution is 8.01. The molecule has 16 heteroatoms. The van der Waals surface area contributed by atoms with E-state index in [9.17, 15) is 19.5 Å². The van der Waals surface area contributed by atoms with Crippen LogP contribution in [0.4, 0.5) is 5.13 Å². The van der Waals surface area contributed by atoms with E-state index in [1.807, 2.05) is 46.6 Å². The molecule has 0 bridgehead atoms. The standard InChI is InChI=1S/C22H21N7O5S3.ClH/c1-27-6-7-28-13(27)4-3-5-14(28)35-8-11-9-36-20-16(19(31)29(20)17(11)21(32)33)25-18(30)15(26-34-2)12-10-37-22(23)24-12;/h3-7,10,16,20H,8-9H2,1-2H3,(H3-,23,24,25,30,32,33);1H/b26-15-;/t16-,20+;/m1./s1. The Kier molecular flexibility index (Phi) is 8.20. The maximum absolute atomic E-state index is 13.0. The van der Waals surface area contributed by atoms with Gasteiger partial charge in [-0.2, -0.15) is 4.40 Å². The monoisotopic (exact) mass is 595 g/mol. The molecule has 0 aliphatic carbocycles. The lowest BCUT2D eigenvalue weighted by atomic mass is 10.0. The number of aryl methyl sites for hydroxylation is 1. The average Bonchev–Trinajstić information content (AvgIpc) is 3.49.